The lowest BCUT2D eigenvalue weighted by atomic mass is 9.81. The molecule has 4 N–H and O–H groups in total. The molecule has 0 aromatic heterocycles. The van der Waals surface area contributed by atoms with Gasteiger partial charge < -0.3 is 15.9 Å². The molecule has 0 unspecified atom stereocenters. The van der Waals surface area contributed by atoms with Gasteiger partial charge in [-0.25, -0.2) is 0 Å². The van der Waals surface area contributed by atoms with Crippen LogP contribution in [-0.2, 0) is 9.59 Å². The van der Waals surface area contributed by atoms with E-state index in [0.29, 0.717) is 12.8 Å². The molecule has 14 heavy (non-hydrogen) atoms. The zero-order valence-corrected chi connectivity index (χ0v) is 7.64. The highest BCUT2D eigenvalue weighted by molar-refractivity contribution is 5.83. The van der Waals surface area contributed by atoms with Crippen molar-refractivity contribution in [2.45, 2.75) is 24.8 Å². The van der Waals surface area contributed by atoms with Crippen LogP contribution >= 0.6 is 0 Å². The van der Waals surface area contributed by atoms with E-state index in [9.17, 15) is 9.59 Å². The quantitative estimate of drug-likeness (QED) is 0.576. The fourth-order valence-corrected chi connectivity index (χ4v) is 3.09. The van der Waals surface area contributed by atoms with Crippen molar-refractivity contribution in [2.75, 3.05) is 0 Å². The van der Waals surface area contributed by atoms with Gasteiger partial charge in [-0.15, -0.1) is 0 Å². The van der Waals surface area contributed by atoms with Gasteiger partial charge in [0, 0.05) is 5.92 Å². The minimum absolute atomic E-state index is 0.0430. The average Bonchev–Trinajstić information content (AvgIpc) is 2.58. The first-order valence-corrected chi connectivity index (χ1v) is 4.72. The van der Waals surface area contributed by atoms with Crippen molar-refractivity contribution in [1.29, 1.82) is 0 Å². The number of rotatable bonds is 2. The Morgan fingerprint density at radius 3 is 2.29 bits per heavy atom. The van der Waals surface area contributed by atoms with Gasteiger partial charge in [0.1, 0.15) is 5.54 Å². The Hall–Kier alpha value is -1.10. The molecule has 0 aliphatic heterocycles. The maximum atomic E-state index is 11.0. The van der Waals surface area contributed by atoms with Gasteiger partial charge >= 0.3 is 11.9 Å². The molecule has 0 spiro atoms. The van der Waals surface area contributed by atoms with Crippen LogP contribution in [0.5, 0.6) is 0 Å². The molecule has 0 amide bonds. The van der Waals surface area contributed by atoms with Crippen LogP contribution in [0.15, 0.2) is 0 Å². The second-order valence-electron chi connectivity index (χ2n) is 4.36. The molecular formula is C9H13NO4. The predicted octanol–water partition coefficient (Wildman–Crippen LogP) is -0.101. The summed E-state index contributed by atoms with van der Waals surface area (Å²) in [4.78, 5) is 21.9. The lowest BCUT2D eigenvalue weighted by Gasteiger charge is -2.29. The molecule has 2 fully saturated rings. The van der Waals surface area contributed by atoms with E-state index < -0.39 is 23.4 Å². The van der Waals surface area contributed by atoms with E-state index in [1.807, 2.05) is 0 Å². The molecule has 2 bridgehead atoms. The van der Waals surface area contributed by atoms with Crippen molar-refractivity contribution in [3.63, 3.8) is 0 Å². The Bertz CT molecular complexity index is 303. The summed E-state index contributed by atoms with van der Waals surface area (Å²) in [6.07, 6.45) is 1.74. The Balaban J connectivity index is 2.31. The van der Waals surface area contributed by atoms with Crippen molar-refractivity contribution in [1.82, 2.24) is 0 Å². The third kappa shape index (κ3) is 0.987. The highest BCUT2D eigenvalue weighted by Gasteiger charge is 2.61. The molecule has 0 aromatic rings. The van der Waals surface area contributed by atoms with Gasteiger partial charge in [0.05, 0.1) is 5.92 Å². The molecule has 0 heterocycles. The number of carboxylic acid groups (broad SMARTS) is 2. The molecule has 2 rings (SSSR count). The highest BCUT2D eigenvalue weighted by Crippen LogP contribution is 2.53. The van der Waals surface area contributed by atoms with E-state index in [0.717, 1.165) is 6.42 Å². The first-order valence-electron chi connectivity index (χ1n) is 4.72. The summed E-state index contributed by atoms with van der Waals surface area (Å²) in [5.74, 6) is -2.93. The Labute approximate surface area is 80.9 Å². The maximum Gasteiger partial charge on any atom is 0.324 e. The Kier molecular flexibility index (Phi) is 1.82. The molecule has 0 saturated heterocycles. The minimum Gasteiger partial charge on any atom is -0.481 e. The summed E-state index contributed by atoms with van der Waals surface area (Å²) in [6.45, 7) is 0. The van der Waals surface area contributed by atoms with Crippen LogP contribution in [0.3, 0.4) is 0 Å². The summed E-state index contributed by atoms with van der Waals surface area (Å²) in [5.41, 5.74) is 4.45. The van der Waals surface area contributed by atoms with Gasteiger partial charge in [-0.3, -0.25) is 9.59 Å². The average molecular weight is 199 g/mol. The number of nitrogens with two attached hydrogens (primary N) is 1. The normalized spacial score (nSPS) is 45.4. The molecule has 0 aromatic carbocycles. The summed E-state index contributed by atoms with van der Waals surface area (Å²) in [7, 11) is 0. The highest BCUT2D eigenvalue weighted by atomic mass is 16.4. The molecule has 2 aliphatic carbocycles. The summed E-state index contributed by atoms with van der Waals surface area (Å²) in [6, 6.07) is 0. The molecule has 2 saturated carbocycles. The van der Waals surface area contributed by atoms with Crippen molar-refractivity contribution in [2.24, 2.45) is 23.5 Å². The van der Waals surface area contributed by atoms with Crippen LogP contribution in [0.1, 0.15) is 19.3 Å². The fraction of sp³-hybridized carbons (Fsp3) is 0.778. The lowest BCUT2D eigenvalue weighted by molar-refractivity contribution is -0.147. The second-order valence-corrected chi connectivity index (χ2v) is 4.36. The molecule has 5 heteroatoms. The standard InChI is InChI=1S/C9H13NO4/c10-9(8(13)14)3-4-1-2-5(9)6(4)7(11)12/h4-6H,1-3,10H2,(H,11,12)(H,13,14)/t4-,5-,6+,9+/m1/s1. The van der Waals surface area contributed by atoms with E-state index in [4.69, 9.17) is 15.9 Å². The number of carboxylic acids is 2. The van der Waals surface area contributed by atoms with E-state index in [1.165, 1.54) is 0 Å². The van der Waals surface area contributed by atoms with Gasteiger partial charge in [-0.1, -0.05) is 0 Å². The maximum absolute atomic E-state index is 11.0. The summed E-state index contributed by atoms with van der Waals surface area (Å²) < 4.78 is 0. The zero-order chi connectivity index (χ0) is 10.5. The SMILES string of the molecule is N[C@@]1(C(=O)O)C[C@H]2CC[C@@H]1[C@H]2C(=O)O. The van der Waals surface area contributed by atoms with Gasteiger partial charge in [-0.2, -0.15) is 0 Å². The third-order valence-corrected chi connectivity index (χ3v) is 3.73. The third-order valence-electron chi connectivity index (χ3n) is 3.73. The molecule has 2 aliphatic rings. The van der Waals surface area contributed by atoms with Crippen molar-refractivity contribution >= 4 is 11.9 Å². The number of fused-ring (bicyclic) bond motifs is 2. The summed E-state index contributed by atoms with van der Waals surface area (Å²) >= 11 is 0. The van der Waals surface area contributed by atoms with E-state index in [1.54, 1.807) is 0 Å². The summed E-state index contributed by atoms with van der Waals surface area (Å²) in [5, 5.41) is 17.9. The van der Waals surface area contributed by atoms with Crippen LogP contribution in [0, 0.1) is 17.8 Å². The van der Waals surface area contributed by atoms with Crippen LogP contribution < -0.4 is 5.73 Å². The molecule has 5 nitrogen and oxygen atoms in total. The first kappa shape index (κ1) is 9.45. The zero-order valence-electron chi connectivity index (χ0n) is 7.64. The van der Waals surface area contributed by atoms with Crippen molar-refractivity contribution < 1.29 is 19.8 Å². The Morgan fingerprint density at radius 1 is 1.29 bits per heavy atom. The number of hydrogen-bond acceptors (Lipinski definition) is 3. The van der Waals surface area contributed by atoms with E-state index in [2.05, 4.69) is 0 Å². The monoisotopic (exact) mass is 199 g/mol. The number of hydrogen-bond donors (Lipinski definition) is 3. The largest absolute Gasteiger partial charge is 0.481 e. The second kappa shape index (κ2) is 2.70. The van der Waals surface area contributed by atoms with Gasteiger partial charge in [0.25, 0.3) is 0 Å². The van der Waals surface area contributed by atoms with Gasteiger partial charge in [0.2, 0.25) is 0 Å². The van der Waals surface area contributed by atoms with Crippen molar-refractivity contribution in [3.8, 4) is 0 Å². The lowest BCUT2D eigenvalue weighted by Crippen LogP contribution is -2.53. The minimum atomic E-state index is -1.30. The fourth-order valence-electron chi connectivity index (χ4n) is 3.09. The van der Waals surface area contributed by atoms with Crippen LogP contribution in [0.2, 0.25) is 0 Å². The molecule has 4 atom stereocenters. The number of aliphatic carboxylic acids is 2. The van der Waals surface area contributed by atoms with Crippen LogP contribution in [0.4, 0.5) is 0 Å². The van der Waals surface area contributed by atoms with Crippen LogP contribution in [-0.4, -0.2) is 27.7 Å². The van der Waals surface area contributed by atoms with E-state index in [-0.39, 0.29) is 11.8 Å². The Morgan fingerprint density at radius 2 is 1.93 bits per heavy atom. The van der Waals surface area contributed by atoms with Crippen molar-refractivity contribution in [3.05, 3.63) is 0 Å². The topological polar surface area (TPSA) is 101 Å². The molecule has 78 valence electrons. The van der Waals surface area contributed by atoms with Gasteiger partial charge in [-0.05, 0) is 25.2 Å². The molecular weight excluding hydrogens is 186 g/mol. The predicted molar refractivity (Wildman–Crippen MR) is 46.5 cm³/mol. The number of carbonyl (C=O) groups is 2. The van der Waals surface area contributed by atoms with E-state index >= 15 is 0 Å². The smallest absolute Gasteiger partial charge is 0.324 e. The molecule has 0 radical (unpaired) electrons. The van der Waals surface area contributed by atoms with Gasteiger partial charge in [0.15, 0.2) is 0 Å². The first-order chi connectivity index (χ1) is 6.47. The van der Waals surface area contributed by atoms with Crippen LogP contribution in [0.25, 0.3) is 0 Å².